The topological polar surface area (TPSA) is 100.0 Å². The Morgan fingerprint density at radius 1 is 1.03 bits per heavy atom. The molecule has 2 N–H and O–H groups in total. The number of nitrogens with two attached hydrogens (primary N) is 1. The summed E-state index contributed by atoms with van der Waals surface area (Å²) >= 11 is 0. The summed E-state index contributed by atoms with van der Waals surface area (Å²) in [6.07, 6.45) is 5.33. The molecule has 0 bridgehead atoms. The first kappa shape index (κ1) is 19.5. The maximum atomic E-state index is 5.68. The Bertz CT molecular complexity index is 946. The molecule has 1 aliphatic heterocycles. The quantitative estimate of drug-likeness (QED) is 0.700. The van der Waals surface area contributed by atoms with E-state index >= 15 is 0 Å². The molecule has 7 nitrogen and oxygen atoms in total. The predicted molar refractivity (Wildman–Crippen MR) is 110 cm³/mol. The summed E-state index contributed by atoms with van der Waals surface area (Å²) in [5.41, 5.74) is 8.34. The number of nitrogen functional groups attached to an aromatic ring is 1. The number of ether oxygens (including phenoxy) is 1. The molecule has 1 fully saturated rings. The van der Waals surface area contributed by atoms with Crippen LogP contribution in [-0.2, 0) is 10.2 Å². The van der Waals surface area contributed by atoms with E-state index in [0.29, 0.717) is 0 Å². The van der Waals surface area contributed by atoms with Crippen molar-refractivity contribution in [3.63, 3.8) is 0 Å². The van der Waals surface area contributed by atoms with Gasteiger partial charge >= 0.3 is 0 Å². The van der Waals surface area contributed by atoms with Crippen molar-refractivity contribution in [3.05, 3.63) is 53.9 Å². The van der Waals surface area contributed by atoms with Crippen molar-refractivity contribution < 1.29 is 9.26 Å². The van der Waals surface area contributed by atoms with Crippen LogP contribution in [0.5, 0.6) is 0 Å². The Morgan fingerprint density at radius 2 is 1.69 bits per heavy atom. The highest BCUT2D eigenvalue weighted by Crippen LogP contribution is 2.39. The second-order valence-corrected chi connectivity index (χ2v) is 8.11. The van der Waals surface area contributed by atoms with Crippen molar-refractivity contribution in [1.82, 2.24) is 20.1 Å². The molecule has 2 aromatic heterocycles. The Kier molecular flexibility index (Phi) is 5.32. The first-order valence-electron chi connectivity index (χ1n) is 10.1. The lowest BCUT2D eigenvalue weighted by molar-refractivity contribution is 0.0778. The predicted octanol–water partition coefficient (Wildman–Crippen LogP) is 3.96. The number of nitrogens with zero attached hydrogens (tertiary/aromatic N) is 4. The maximum absolute atomic E-state index is 5.68. The molecular formula is C22H27N5O2. The summed E-state index contributed by atoms with van der Waals surface area (Å²) in [5.74, 6) is 2.31. The molecular weight excluding hydrogens is 366 g/mol. The number of anilines is 1. The zero-order chi connectivity index (χ0) is 20.4. The van der Waals surface area contributed by atoms with Crippen LogP contribution in [0.1, 0.15) is 56.8 Å². The average molecular weight is 393 g/mol. The van der Waals surface area contributed by atoms with Crippen molar-refractivity contribution in [2.24, 2.45) is 5.92 Å². The van der Waals surface area contributed by atoms with E-state index in [4.69, 9.17) is 20.0 Å². The fourth-order valence-corrected chi connectivity index (χ4v) is 3.77. The second-order valence-electron chi connectivity index (χ2n) is 8.11. The summed E-state index contributed by atoms with van der Waals surface area (Å²) in [6, 6.07) is 8.39. The lowest BCUT2D eigenvalue weighted by Gasteiger charge is -2.31. The number of hydrogen-bond acceptors (Lipinski definition) is 7. The molecule has 1 aliphatic rings. The van der Waals surface area contributed by atoms with Crippen molar-refractivity contribution in [1.29, 1.82) is 0 Å². The standard InChI is InChI=1S/C22H27N5O2/c1-14(2)22(3,20-26-19(29-27-20)16-8-10-28-11-9-16)18-6-4-15(5-7-18)17-12-24-21(23)25-13-17/h4-7,12-14,16H,8-11H2,1-3H3,(H2,23,24,25). The summed E-state index contributed by atoms with van der Waals surface area (Å²) in [4.78, 5) is 13.0. The molecule has 0 saturated carbocycles. The molecule has 7 heteroatoms. The molecule has 152 valence electrons. The van der Waals surface area contributed by atoms with Crippen LogP contribution in [0.2, 0.25) is 0 Å². The molecule has 29 heavy (non-hydrogen) atoms. The maximum Gasteiger partial charge on any atom is 0.229 e. The molecule has 0 amide bonds. The minimum atomic E-state index is -0.358. The van der Waals surface area contributed by atoms with E-state index in [0.717, 1.165) is 54.5 Å². The van der Waals surface area contributed by atoms with Gasteiger partial charge in [-0.05, 0) is 36.8 Å². The van der Waals surface area contributed by atoms with Gasteiger partial charge in [-0.1, -0.05) is 43.3 Å². The monoisotopic (exact) mass is 393 g/mol. The van der Waals surface area contributed by atoms with Gasteiger partial charge in [0, 0.05) is 37.1 Å². The first-order valence-corrected chi connectivity index (χ1v) is 10.1. The van der Waals surface area contributed by atoms with Crippen LogP contribution in [-0.4, -0.2) is 33.3 Å². The minimum absolute atomic E-state index is 0.273. The zero-order valence-corrected chi connectivity index (χ0v) is 17.1. The number of rotatable bonds is 5. The molecule has 1 saturated heterocycles. The molecule has 3 aromatic rings. The van der Waals surface area contributed by atoms with Gasteiger partial charge < -0.3 is 15.0 Å². The minimum Gasteiger partial charge on any atom is -0.381 e. The molecule has 1 unspecified atom stereocenters. The number of benzene rings is 1. The van der Waals surface area contributed by atoms with Gasteiger partial charge in [0.2, 0.25) is 11.8 Å². The molecule has 3 heterocycles. The van der Waals surface area contributed by atoms with Crippen LogP contribution in [0, 0.1) is 5.92 Å². The zero-order valence-electron chi connectivity index (χ0n) is 17.1. The van der Waals surface area contributed by atoms with E-state index in [1.165, 1.54) is 0 Å². The lowest BCUT2D eigenvalue weighted by atomic mass is 9.72. The van der Waals surface area contributed by atoms with Crippen molar-refractivity contribution in [3.8, 4) is 11.1 Å². The van der Waals surface area contributed by atoms with Crippen molar-refractivity contribution in [2.75, 3.05) is 18.9 Å². The highest BCUT2D eigenvalue weighted by molar-refractivity contribution is 5.62. The molecule has 0 spiro atoms. The Balaban J connectivity index is 1.64. The Hall–Kier alpha value is -2.80. The average Bonchev–Trinajstić information content (AvgIpc) is 3.25. The van der Waals surface area contributed by atoms with Crippen LogP contribution >= 0.6 is 0 Å². The van der Waals surface area contributed by atoms with Crippen LogP contribution in [0.3, 0.4) is 0 Å². The molecule has 0 radical (unpaired) electrons. The SMILES string of the molecule is CC(C)C(C)(c1ccc(-c2cnc(N)nc2)cc1)c1noc(C2CCOCC2)n1. The van der Waals surface area contributed by atoms with E-state index < -0.39 is 0 Å². The van der Waals surface area contributed by atoms with Gasteiger partial charge in [0.05, 0.1) is 5.41 Å². The number of aromatic nitrogens is 4. The van der Waals surface area contributed by atoms with Gasteiger partial charge in [0.1, 0.15) is 0 Å². The molecule has 1 aromatic carbocycles. The molecule has 0 aliphatic carbocycles. The lowest BCUT2D eigenvalue weighted by Crippen LogP contribution is -2.31. The highest BCUT2D eigenvalue weighted by atomic mass is 16.5. The van der Waals surface area contributed by atoms with Gasteiger partial charge in [0.25, 0.3) is 0 Å². The van der Waals surface area contributed by atoms with E-state index in [2.05, 4.69) is 60.2 Å². The molecule has 1 atom stereocenters. The summed E-state index contributed by atoms with van der Waals surface area (Å²) in [6.45, 7) is 8.05. The van der Waals surface area contributed by atoms with Crippen LogP contribution in [0.25, 0.3) is 11.1 Å². The van der Waals surface area contributed by atoms with Crippen molar-refractivity contribution >= 4 is 5.95 Å². The van der Waals surface area contributed by atoms with Crippen LogP contribution in [0.15, 0.2) is 41.2 Å². The fraction of sp³-hybridized carbons (Fsp3) is 0.455. The van der Waals surface area contributed by atoms with Gasteiger partial charge in [-0.3, -0.25) is 0 Å². The second kappa shape index (κ2) is 7.91. The third-order valence-electron chi connectivity index (χ3n) is 6.12. The van der Waals surface area contributed by atoms with Gasteiger partial charge in [0.15, 0.2) is 5.82 Å². The van der Waals surface area contributed by atoms with E-state index in [1.54, 1.807) is 12.4 Å². The fourth-order valence-electron chi connectivity index (χ4n) is 3.77. The summed E-state index contributed by atoms with van der Waals surface area (Å²) < 4.78 is 11.1. The molecule has 4 rings (SSSR count). The van der Waals surface area contributed by atoms with Crippen molar-refractivity contribution in [2.45, 2.75) is 44.9 Å². The van der Waals surface area contributed by atoms with Gasteiger partial charge in [-0.25, -0.2) is 9.97 Å². The first-order chi connectivity index (χ1) is 14.0. The van der Waals surface area contributed by atoms with Gasteiger partial charge in [-0.15, -0.1) is 0 Å². The van der Waals surface area contributed by atoms with E-state index in [9.17, 15) is 0 Å². The third kappa shape index (κ3) is 3.74. The normalized spacial score (nSPS) is 17.4. The van der Waals surface area contributed by atoms with Crippen LogP contribution in [0.4, 0.5) is 5.95 Å². The van der Waals surface area contributed by atoms with Gasteiger partial charge in [-0.2, -0.15) is 4.98 Å². The van der Waals surface area contributed by atoms with E-state index in [1.807, 2.05) is 0 Å². The Morgan fingerprint density at radius 3 is 2.31 bits per heavy atom. The highest BCUT2D eigenvalue weighted by Gasteiger charge is 2.38. The van der Waals surface area contributed by atoms with E-state index in [-0.39, 0.29) is 23.2 Å². The Labute approximate surface area is 170 Å². The number of hydrogen-bond donors (Lipinski definition) is 1. The third-order valence-corrected chi connectivity index (χ3v) is 6.12. The smallest absolute Gasteiger partial charge is 0.229 e. The largest absolute Gasteiger partial charge is 0.381 e. The summed E-state index contributed by atoms with van der Waals surface area (Å²) in [7, 11) is 0. The van der Waals surface area contributed by atoms with Crippen LogP contribution < -0.4 is 5.73 Å². The summed E-state index contributed by atoms with van der Waals surface area (Å²) in [5, 5.41) is 4.39.